The van der Waals surface area contributed by atoms with Crippen molar-refractivity contribution in [1.29, 1.82) is 0 Å². The molecule has 1 aliphatic rings. The summed E-state index contributed by atoms with van der Waals surface area (Å²) in [6.45, 7) is 3.60. The largest absolute Gasteiger partial charge is 0.376 e. The lowest BCUT2D eigenvalue weighted by Crippen LogP contribution is -2.51. The van der Waals surface area contributed by atoms with Crippen molar-refractivity contribution in [2.24, 2.45) is 0 Å². The second-order valence-electron chi connectivity index (χ2n) is 6.04. The van der Waals surface area contributed by atoms with Crippen LogP contribution in [0.15, 0.2) is 24.3 Å². The summed E-state index contributed by atoms with van der Waals surface area (Å²) in [5.41, 5.74) is 7.15. The smallest absolute Gasteiger partial charge is 0.315 e. The summed E-state index contributed by atoms with van der Waals surface area (Å²) >= 11 is 5.06. The highest BCUT2D eigenvalue weighted by Gasteiger charge is 2.15. The van der Waals surface area contributed by atoms with Crippen LogP contribution in [0.25, 0.3) is 0 Å². The van der Waals surface area contributed by atoms with E-state index in [9.17, 15) is 9.59 Å². The van der Waals surface area contributed by atoms with Crippen LogP contribution in [0.4, 0.5) is 4.79 Å². The molecule has 0 saturated carbocycles. The van der Waals surface area contributed by atoms with Crippen LogP contribution in [0.5, 0.6) is 0 Å². The second-order valence-corrected chi connectivity index (χ2v) is 6.45. The summed E-state index contributed by atoms with van der Waals surface area (Å²) in [4.78, 5) is 23.4. The zero-order chi connectivity index (χ0) is 18.8. The molecule has 9 heteroatoms. The zero-order valence-electron chi connectivity index (χ0n) is 14.8. The van der Waals surface area contributed by atoms with Gasteiger partial charge >= 0.3 is 6.03 Å². The van der Waals surface area contributed by atoms with E-state index in [0.29, 0.717) is 18.2 Å². The Balaban J connectivity index is 1.53. The van der Waals surface area contributed by atoms with E-state index < -0.39 is 11.9 Å². The van der Waals surface area contributed by atoms with Crippen LogP contribution in [0.2, 0.25) is 0 Å². The quantitative estimate of drug-likeness (QED) is 0.364. The molecular formula is C17H25N5O3S. The summed E-state index contributed by atoms with van der Waals surface area (Å²) in [6, 6.07) is 7.42. The third kappa shape index (κ3) is 7.66. The van der Waals surface area contributed by atoms with Gasteiger partial charge in [0, 0.05) is 19.7 Å². The molecule has 1 aromatic carbocycles. The third-order valence-electron chi connectivity index (χ3n) is 3.81. The van der Waals surface area contributed by atoms with Crippen molar-refractivity contribution < 1.29 is 14.3 Å². The van der Waals surface area contributed by atoms with E-state index in [1.807, 2.05) is 31.2 Å². The number of nitrogens with one attached hydrogen (secondary N) is 5. The fourth-order valence-electron chi connectivity index (χ4n) is 2.34. The van der Waals surface area contributed by atoms with Gasteiger partial charge in [-0.05, 0) is 37.5 Å². The maximum atomic E-state index is 11.7. The minimum atomic E-state index is -0.417. The van der Waals surface area contributed by atoms with Gasteiger partial charge in [0.05, 0.1) is 6.10 Å². The lowest BCUT2D eigenvalue weighted by atomic mass is 10.1. The molecule has 26 heavy (non-hydrogen) atoms. The summed E-state index contributed by atoms with van der Waals surface area (Å²) < 4.78 is 5.46. The van der Waals surface area contributed by atoms with Gasteiger partial charge in [0.25, 0.3) is 5.91 Å². The Kier molecular flexibility index (Phi) is 8.10. The maximum Gasteiger partial charge on any atom is 0.315 e. The second kappa shape index (κ2) is 10.6. The number of ether oxygens (including phenoxy) is 1. The highest BCUT2D eigenvalue weighted by atomic mass is 32.1. The third-order valence-corrected chi connectivity index (χ3v) is 4.06. The topological polar surface area (TPSA) is 104 Å². The van der Waals surface area contributed by atoms with Crippen molar-refractivity contribution in [3.63, 3.8) is 0 Å². The molecule has 2 rings (SSSR count). The fraction of sp³-hybridized carbons (Fsp3) is 0.471. The number of benzene rings is 1. The van der Waals surface area contributed by atoms with E-state index in [1.54, 1.807) is 0 Å². The van der Waals surface area contributed by atoms with Crippen LogP contribution in [0, 0.1) is 6.92 Å². The van der Waals surface area contributed by atoms with Gasteiger partial charge in [-0.15, -0.1) is 0 Å². The van der Waals surface area contributed by atoms with Gasteiger partial charge < -0.3 is 20.7 Å². The molecule has 1 aromatic rings. The average molecular weight is 379 g/mol. The number of hydrazine groups is 1. The molecule has 0 radical (unpaired) electrons. The first kappa shape index (κ1) is 19.9. The molecule has 5 N–H and O–H groups in total. The SMILES string of the molecule is Cc1ccc(CNC(=O)NCC(=O)NNC(=S)NCC2CCCO2)cc1. The van der Waals surface area contributed by atoms with Crippen molar-refractivity contribution >= 4 is 29.3 Å². The predicted molar refractivity (Wildman–Crippen MR) is 102 cm³/mol. The van der Waals surface area contributed by atoms with Gasteiger partial charge in [-0.25, -0.2) is 4.79 Å². The van der Waals surface area contributed by atoms with Gasteiger partial charge in [0.15, 0.2) is 5.11 Å². The molecule has 1 saturated heterocycles. The molecule has 0 aliphatic carbocycles. The monoisotopic (exact) mass is 379 g/mol. The number of hydrogen-bond donors (Lipinski definition) is 5. The Bertz CT molecular complexity index is 617. The van der Waals surface area contributed by atoms with Crippen molar-refractivity contribution in [3.05, 3.63) is 35.4 Å². The number of urea groups is 1. The lowest BCUT2D eigenvalue weighted by molar-refractivity contribution is -0.120. The molecule has 8 nitrogen and oxygen atoms in total. The van der Waals surface area contributed by atoms with Crippen LogP contribution in [0.1, 0.15) is 24.0 Å². The molecule has 3 amide bonds. The number of hydrogen-bond acceptors (Lipinski definition) is 4. The van der Waals surface area contributed by atoms with Crippen molar-refractivity contribution in [2.75, 3.05) is 19.7 Å². The van der Waals surface area contributed by atoms with Crippen molar-refractivity contribution in [2.45, 2.75) is 32.4 Å². The molecule has 142 valence electrons. The maximum absolute atomic E-state index is 11.7. The van der Waals surface area contributed by atoms with E-state index in [0.717, 1.165) is 30.6 Å². The molecule has 0 aromatic heterocycles. The number of carbonyl (C=O) groups is 2. The van der Waals surface area contributed by atoms with Crippen molar-refractivity contribution in [3.8, 4) is 0 Å². The average Bonchev–Trinajstić information content (AvgIpc) is 3.16. The molecule has 1 heterocycles. The molecule has 1 unspecified atom stereocenters. The Hall–Kier alpha value is -2.39. The minimum absolute atomic E-state index is 0.157. The van der Waals surface area contributed by atoms with E-state index in [4.69, 9.17) is 17.0 Å². The molecule has 1 atom stereocenters. The highest BCUT2D eigenvalue weighted by molar-refractivity contribution is 7.80. The summed E-state index contributed by atoms with van der Waals surface area (Å²) in [6.07, 6.45) is 2.22. The Morgan fingerprint density at radius 2 is 1.92 bits per heavy atom. The Morgan fingerprint density at radius 3 is 2.62 bits per heavy atom. The van der Waals surface area contributed by atoms with E-state index >= 15 is 0 Å². The van der Waals surface area contributed by atoms with Crippen molar-refractivity contribution in [1.82, 2.24) is 26.8 Å². The first-order valence-electron chi connectivity index (χ1n) is 8.54. The molecule has 0 bridgehead atoms. The normalized spacial score (nSPS) is 15.8. The number of thiocarbonyl (C=S) groups is 1. The standard InChI is InChI=1S/C17H25N5O3S/c1-12-4-6-13(7-5-12)9-18-16(24)19-11-15(23)21-22-17(26)20-10-14-3-2-8-25-14/h4-7,14H,2-3,8-11H2,1H3,(H,21,23)(H2,18,19,24)(H2,20,22,26). The van der Waals surface area contributed by atoms with Crippen LogP contribution < -0.4 is 26.8 Å². The van der Waals surface area contributed by atoms with E-state index in [-0.39, 0.29) is 12.6 Å². The number of rotatable bonds is 6. The summed E-state index contributed by atoms with van der Waals surface area (Å²) in [5, 5.41) is 8.44. The Morgan fingerprint density at radius 1 is 1.15 bits per heavy atom. The molecule has 1 fully saturated rings. The van der Waals surface area contributed by atoms with Crippen LogP contribution >= 0.6 is 12.2 Å². The number of amides is 3. The fourth-order valence-corrected chi connectivity index (χ4v) is 2.47. The van der Waals surface area contributed by atoms with Gasteiger partial charge in [-0.3, -0.25) is 15.6 Å². The molecular weight excluding hydrogens is 354 g/mol. The van der Waals surface area contributed by atoms with Crippen LogP contribution in [0.3, 0.4) is 0 Å². The summed E-state index contributed by atoms with van der Waals surface area (Å²) in [7, 11) is 0. The predicted octanol–water partition coefficient (Wildman–Crippen LogP) is 0.469. The van der Waals surface area contributed by atoms with Crippen LogP contribution in [-0.4, -0.2) is 42.9 Å². The van der Waals surface area contributed by atoms with Gasteiger partial charge in [-0.2, -0.15) is 0 Å². The lowest BCUT2D eigenvalue weighted by Gasteiger charge is -2.14. The zero-order valence-corrected chi connectivity index (χ0v) is 15.6. The summed E-state index contributed by atoms with van der Waals surface area (Å²) in [5.74, 6) is -0.406. The molecule has 1 aliphatic heterocycles. The molecule has 0 spiro atoms. The highest BCUT2D eigenvalue weighted by Crippen LogP contribution is 2.10. The Labute approximate surface area is 158 Å². The van der Waals surface area contributed by atoms with Crippen LogP contribution in [-0.2, 0) is 16.1 Å². The van der Waals surface area contributed by atoms with Gasteiger partial charge in [-0.1, -0.05) is 29.8 Å². The van der Waals surface area contributed by atoms with E-state index in [2.05, 4.69) is 26.8 Å². The van der Waals surface area contributed by atoms with E-state index in [1.165, 1.54) is 0 Å². The van der Waals surface area contributed by atoms with Gasteiger partial charge in [0.2, 0.25) is 0 Å². The number of carbonyl (C=O) groups excluding carboxylic acids is 2. The number of aryl methyl sites for hydroxylation is 1. The first-order valence-corrected chi connectivity index (χ1v) is 8.95. The first-order chi connectivity index (χ1) is 12.5. The van der Waals surface area contributed by atoms with Gasteiger partial charge in [0.1, 0.15) is 6.54 Å². The minimum Gasteiger partial charge on any atom is -0.376 e.